The van der Waals surface area contributed by atoms with Gasteiger partial charge in [-0.25, -0.2) is 4.79 Å². The lowest BCUT2D eigenvalue weighted by Gasteiger charge is -2.27. The topological polar surface area (TPSA) is 57.6 Å². The van der Waals surface area contributed by atoms with Crippen molar-refractivity contribution in [3.8, 4) is 0 Å². The molecular formula is C12H17NO3S. The van der Waals surface area contributed by atoms with Crippen molar-refractivity contribution in [1.82, 2.24) is 4.90 Å². The Morgan fingerprint density at radius 1 is 1.35 bits per heavy atom. The molecule has 5 heteroatoms. The summed E-state index contributed by atoms with van der Waals surface area (Å²) in [7, 11) is 0. The summed E-state index contributed by atoms with van der Waals surface area (Å²) in [5.74, 6) is 0.888. The maximum absolute atomic E-state index is 12.3. The lowest BCUT2D eigenvalue weighted by atomic mass is 10.2. The third-order valence-corrected chi connectivity index (χ3v) is 5.49. The molecule has 1 heterocycles. The molecule has 0 bridgehead atoms. The Morgan fingerprint density at radius 2 is 2.00 bits per heavy atom. The number of carboxylic acid groups (broad SMARTS) is 1. The number of thioether (sulfide) groups is 1. The summed E-state index contributed by atoms with van der Waals surface area (Å²) in [6.45, 7) is 2.06. The van der Waals surface area contributed by atoms with Crippen molar-refractivity contribution >= 4 is 23.6 Å². The number of nitrogens with zero attached hydrogens (tertiary/aromatic N) is 1. The first-order valence-corrected chi connectivity index (χ1v) is 7.31. The number of hydrogen-bond acceptors (Lipinski definition) is 3. The molecule has 0 aromatic rings. The third kappa shape index (κ3) is 1.94. The molecule has 0 aromatic heterocycles. The minimum Gasteiger partial charge on any atom is -0.480 e. The Kier molecular flexibility index (Phi) is 2.61. The van der Waals surface area contributed by atoms with E-state index in [0.29, 0.717) is 17.6 Å². The van der Waals surface area contributed by atoms with Gasteiger partial charge in [-0.05, 0) is 31.1 Å². The van der Waals surface area contributed by atoms with E-state index in [1.54, 1.807) is 16.7 Å². The average Bonchev–Trinajstić information content (AvgIpc) is 3.18. The van der Waals surface area contributed by atoms with Gasteiger partial charge in [-0.3, -0.25) is 4.79 Å². The quantitative estimate of drug-likeness (QED) is 0.828. The highest BCUT2D eigenvalue weighted by atomic mass is 32.2. The molecule has 17 heavy (non-hydrogen) atoms. The highest BCUT2D eigenvalue weighted by Crippen LogP contribution is 2.48. The zero-order chi connectivity index (χ0) is 12.2. The van der Waals surface area contributed by atoms with Gasteiger partial charge in [0.05, 0.1) is 5.37 Å². The molecule has 4 nitrogen and oxygen atoms in total. The first kappa shape index (κ1) is 11.4. The largest absolute Gasteiger partial charge is 0.480 e. The summed E-state index contributed by atoms with van der Waals surface area (Å²) < 4.78 is 0. The van der Waals surface area contributed by atoms with Gasteiger partial charge >= 0.3 is 5.97 Å². The molecule has 4 atom stereocenters. The van der Waals surface area contributed by atoms with E-state index in [1.165, 1.54) is 0 Å². The van der Waals surface area contributed by atoms with E-state index < -0.39 is 12.0 Å². The molecular weight excluding hydrogens is 238 g/mol. The summed E-state index contributed by atoms with van der Waals surface area (Å²) in [4.78, 5) is 25.2. The van der Waals surface area contributed by atoms with Crippen LogP contribution in [0.25, 0.3) is 0 Å². The molecule has 4 unspecified atom stereocenters. The number of rotatable bonds is 3. The standard InChI is InChI=1S/C12H17NO3S/c1-6-4-8(6)10(14)13-9(12(15)16)5-17-11(13)7-2-3-7/h6-9,11H,2-5H2,1H3,(H,15,16). The second-order valence-corrected chi connectivity index (χ2v) is 6.63. The van der Waals surface area contributed by atoms with Gasteiger partial charge in [0.15, 0.2) is 0 Å². The Morgan fingerprint density at radius 3 is 2.47 bits per heavy atom. The fourth-order valence-electron chi connectivity index (χ4n) is 2.60. The summed E-state index contributed by atoms with van der Waals surface area (Å²) in [6.07, 6.45) is 3.23. The van der Waals surface area contributed by atoms with E-state index in [4.69, 9.17) is 0 Å². The van der Waals surface area contributed by atoms with Crippen LogP contribution in [0.5, 0.6) is 0 Å². The van der Waals surface area contributed by atoms with Crippen LogP contribution < -0.4 is 0 Å². The second-order valence-electron chi connectivity index (χ2n) is 5.48. The van der Waals surface area contributed by atoms with Crippen molar-refractivity contribution in [2.45, 2.75) is 37.6 Å². The van der Waals surface area contributed by atoms with Gasteiger partial charge in [0, 0.05) is 11.7 Å². The van der Waals surface area contributed by atoms with Crippen molar-refractivity contribution in [2.75, 3.05) is 5.75 Å². The predicted octanol–water partition coefficient (Wildman–Crippen LogP) is 1.41. The van der Waals surface area contributed by atoms with Crippen LogP contribution in [0.1, 0.15) is 26.2 Å². The molecule has 1 N–H and O–H groups in total. The molecule has 3 aliphatic rings. The van der Waals surface area contributed by atoms with E-state index in [-0.39, 0.29) is 17.2 Å². The number of aliphatic carboxylic acids is 1. The van der Waals surface area contributed by atoms with Gasteiger partial charge in [0.2, 0.25) is 5.91 Å². The number of hydrogen-bond donors (Lipinski definition) is 1. The van der Waals surface area contributed by atoms with Crippen LogP contribution in [0.2, 0.25) is 0 Å². The van der Waals surface area contributed by atoms with Crippen molar-refractivity contribution in [3.63, 3.8) is 0 Å². The van der Waals surface area contributed by atoms with E-state index in [2.05, 4.69) is 6.92 Å². The van der Waals surface area contributed by atoms with Gasteiger partial charge < -0.3 is 10.0 Å². The number of amides is 1. The average molecular weight is 255 g/mol. The molecule has 3 fully saturated rings. The molecule has 1 aliphatic heterocycles. The summed E-state index contributed by atoms with van der Waals surface area (Å²) in [5, 5.41) is 9.35. The fraction of sp³-hybridized carbons (Fsp3) is 0.833. The molecule has 2 saturated carbocycles. The van der Waals surface area contributed by atoms with E-state index in [0.717, 1.165) is 19.3 Å². The molecule has 2 aliphatic carbocycles. The van der Waals surface area contributed by atoms with Gasteiger partial charge in [-0.15, -0.1) is 11.8 Å². The molecule has 0 aromatic carbocycles. The Balaban J connectivity index is 1.79. The van der Waals surface area contributed by atoms with Crippen LogP contribution in [-0.2, 0) is 9.59 Å². The van der Waals surface area contributed by atoms with Gasteiger partial charge in [0.1, 0.15) is 6.04 Å². The normalized spacial score (nSPS) is 40.4. The molecule has 0 radical (unpaired) electrons. The second kappa shape index (κ2) is 3.90. The Bertz CT molecular complexity index is 369. The van der Waals surface area contributed by atoms with Crippen LogP contribution in [-0.4, -0.2) is 39.1 Å². The monoisotopic (exact) mass is 255 g/mol. The first-order chi connectivity index (χ1) is 8.09. The van der Waals surface area contributed by atoms with Crippen molar-refractivity contribution in [3.05, 3.63) is 0 Å². The number of carbonyl (C=O) groups is 2. The highest BCUT2D eigenvalue weighted by Gasteiger charge is 2.52. The lowest BCUT2D eigenvalue weighted by Crippen LogP contribution is -2.47. The fourth-order valence-corrected chi connectivity index (χ4v) is 4.24. The molecule has 3 rings (SSSR count). The smallest absolute Gasteiger partial charge is 0.327 e. The lowest BCUT2D eigenvalue weighted by molar-refractivity contribution is -0.150. The maximum atomic E-state index is 12.3. The Hall–Kier alpha value is -0.710. The van der Waals surface area contributed by atoms with Crippen LogP contribution in [0.15, 0.2) is 0 Å². The van der Waals surface area contributed by atoms with Crippen LogP contribution in [0.3, 0.4) is 0 Å². The predicted molar refractivity (Wildman–Crippen MR) is 64.5 cm³/mol. The summed E-state index contributed by atoms with van der Waals surface area (Å²) >= 11 is 1.66. The molecule has 94 valence electrons. The van der Waals surface area contributed by atoms with Gasteiger partial charge in [-0.2, -0.15) is 0 Å². The van der Waals surface area contributed by atoms with E-state index in [1.807, 2.05) is 0 Å². The number of carbonyl (C=O) groups excluding carboxylic acids is 1. The first-order valence-electron chi connectivity index (χ1n) is 6.26. The zero-order valence-corrected chi connectivity index (χ0v) is 10.7. The van der Waals surface area contributed by atoms with E-state index in [9.17, 15) is 14.7 Å². The van der Waals surface area contributed by atoms with Crippen LogP contribution in [0.4, 0.5) is 0 Å². The summed E-state index contributed by atoms with van der Waals surface area (Å²) in [6, 6.07) is -0.592. The van der Waals surface area contributed by atoms with Crippen LogP contribution in [0, 0.1) is 17.8 Å². The number of carboxylic acids is 1. The summed E-state index contributed by atoms with van der Waals surface area (Å²) in [5.41, 5.74) is 0. The highest BCUT2D eigenvalue weighted by molar-refractivity contribution is 8.00. The molecule has 1 amide bonds. The van der Waals surface area contributed by atoms with Gasteiger partial charge in [-0.1, -0.05) is 6.92 Å². The van der Waals surface area contributed by atoms with Gasteiger partial charge in [0.25, 0.3) is 0 Å². The minimum absolute atomic E-state index is 0.0896. The minimum atomic E-state index is -0.845. The SMILES string of the molecule is CC1CC1C(=O)N1C(C(=O)O)CSC1C1CC1. The Labute approximate surface area is 105 Å². The van der Waals surface area contributed by atoms with Crippen molar-refractivity contribution in [2.24, 2.45) is 17.8 Å². The molecule has 1 saturated heterocycles. The zero-order valence-electron chi connectivity index (χ0n) is 9.83. The van der Waals surface area contributed by atoms with Crippen molar-refractivity contribution in [1.29, 1.82) is 0 Å². The van der Waals surface area contributed by atoms with E-state index >= 15 is 0 Å². The van der Waals surface area contributed by atoms with Crippen LogP contribution >= 0.6 is 11.8 Å². The molecule has 0 spiro atoms. The van der Waals surface area contributed by atoms with Crippen molar-refractivity contribution < 1.29 is 14.7 Å². The third-order valence-electron chi connectivity index (χ3n) is 4.03. The maximum Gasteiger partial charge on any atom is 0.327 e.